The van der Waals surface area contributed by atoms with E-state index in [1.54, 1.807) is 20.2 Å². The number of halogens is 1. The molecule has 0 aliphatic carbocycles. The number of esters is 1. The summed E-state index contributed by atoms with van der Waals surface area (Å²) in [7, 11) is 3.16. The largest absolute Gasteiger partial charge is 0.452 e. The van der Waals surface area contributed by atoms with Gasteiger partial charge in [0.25, 0.3) is 5.91 Å². The first-order valence-corrected chi connectivity index (χ1v) is 8.56. The Morgan fingerprint density at radius 2 is 2.00 bits per heavy atom. The molecule has 2 amide bonds. The number of hydrogen-bond donors (Lipinski definition) is 1. The van der Waals surface area contributed by atoms with E-state index in [9.17, 15) is 14.4 Å². The van der Waals surface area contributed by atoms with Crippen molar-refractivity contribution in [2.24, 2.45) is 0 Å². The molecule has 0 saturated carbocycles. The third-order valence-corrected chi connectivity index (χ3v) is 4.87. The minimum atomic E-state index is -0.664. The van der Waals surface area contributed by atoms with Gasteiger partial charge in [-0.1, -0.05) is 29.8 Å². The predicted octanol–water partition coefficient (Wildman–Crippen LogP) is 2.32. The van der Waals surface area contributed by atoms with Gasteiger partial charge in [-0.2, -0.15) is 0 Å². The molecular formula is C17H17ClN2O4S. The number of rotatable bonds is 6. The van der Waals surface area contributed by atoms with E-state index in [2.05, 4.69) is 5.32 Å². The highest BCUT2D eigenvalue weighted by atomic mass is 35.5. The highest BCUT2D eigenvalue weighted by molar-refractivity contribution is 7.20. The van der Waals surface area contributed by atoms with Gasteiger partial charge in [-0.15, -0.1) is 11.3 Å². The molecule has 1 aromatic carbocycles. The number of benzene rings is 1. The lowest BCUT2D eigenvalue weighted by Gasteiger charge is -2.10. The van der Waals surface area contributed by atoms with Crippen LogP contribution in [0.3, 0.4) is 0 Å². The quantitative estimate of drug-likeness (QED) is 0.616. The SMILES string of the molecule is CN(C)C(=O)CNC(=O)COC(=O)/C=C/c1sc2ccccc2c1Cl. The van der Waals surface area contributed by atoms with E-state index >= 15 is 0 Å². The minimum Gasteiger partial charge on any atom is -0.452 e. The van der Waals surface area contributed by atoms with Crippen LogP contribution in [-0.2, 0) is 19.1 Å². The smallest absolute Gasteiger partial charge is 0.331 e. The van der Waals surface area contributed by atoms with Gasteiger partial charge in [0.05, 0.1) is 11.6 Å². The molecule has 1 aromatic heterocycles. The first-order valence-electron chi connectivity index (χ1n) is 7.37. The number of nitrogens with zero attached hydrogens (tertiary/aromatic N) is 1. The third-order valence-electron chi connectivity index (χ3n) is 3.21. The summed E-state index contributed by atoms with van der Waals surface area (Å²) in [6, 6.07) is 7.66. The standard InChI is InChI=1S/C17H17ClN2O4S/c1-20(2)15(22)9-19-14(21)10-24-16(23)8-7-13-17(18)11-5-3-4-6-12(11)25-13/h3-8H,9-10H2,1-2H3,(H,19,21)/b8-7+. The molecule has 0 unspecified atom stereocenters. The summed E-state index contributed by atoms with van der Waals surface area (Å²) < 4.78 is 5.85. The van der Waals surface area contributed by atoms with Crippen molar-refractivity contribution in [3.05, 3.63) is 40.2 Å². The summed E-state index contributed by atoms with van der Waals surface area (Å²) in [6.45, 7) is -0.597. The van der Waals surface area contributed by atoms with Crippen LogP contribution >= 0.6 is 22.9 Å². The fraction of sp³-hybridized carbons (Fsp3) is 0.235. The van der Waals surface area contributed by atoms with E-state index in [0.717, 1.165) is 15.0 Å². The molecule has 0 aliphatic rings. The summed E-state index contributed by atoms with van der Waals surface area (Å²) in [5, 5.41) is 3.87. The maximum absolute atomic E-state index is 11.7. The van der Waals surface area contributed by atoms with E-state index < -0.39 is 18.5 Å². The Kier molecular flexibility index (Phi) is 6.55. The van der Waals surface area contributed by atoms with E-state index in [4.69, 9.17) is 16.3 Å². The molecule has 132 valence electrons. The first-order chi connectivity index (χ1) is 11.9. The lowest BCUT2D eigenvalue weighted by atomic mass is 10.2. The number of nitrogens with one attached hydrogen (secondary N) is 1. The zero-order valence-corrected chi connectivity index (χ0v) is 15.3. The molecule has 0 atom stereocenters. The second-order valence-electron chi connectivity index (χ2n) is 5.28. The summed E-state index contributed by atoms with van der Waals surface area (Å²) >= 11 is 7.73. The van der Waals surface area contributed by atoms with Crippen LogP contribution in [0.4, 0.5) is 0 Å². The summed E-state index contributed by atoms with van der Waals surface area (Å²) in [5.41, 5.74) is 0. The van der Waals surface area contributed by atoms with Gasteiger partial charge in [0.2, 0.25) is 5.91 Å². The number of hydrogen-bond acceptors (Lipinski definition) is 5. The molecule has 2 rings (SSSR count). The van der Waals surface area contributed by atoms with Crippen LogP contribution in [0.15, 0.2) is 30.3 Å². The average Bonchev–Trinajstić information content (AvgIpc) is 2.92. The first kappa shape index (κ1) is 19.0. The highest BCUT2D eigenvalue weighted by Crippen LogP contribution is 2.35. The Labute approximate surface area is 154 Å². The highest BCUT2D eigenvalue weighted by Gasteiger charge is 2.10. The fourth-order valence-electron chi connectivity index (χ4n) is 1.85. The van der Waals surface area contributed by atoms with Gasteiger partial charge in [-0.3, -0.25) is 9.59 Å². The second kappa shape index (κ2) is 8.64. The number of likely N-dealkylation sites (N-methyl/N-ethyl adjacent to an activating group) is 1. The molecule has 0 bridgehead atoms. The predicted molar refractivity (Wildman–Crippen MR) is 98.5 cm³/mol. The van der Waals surface area contributed by atoms with E-state index in [-0.39, 0.29) is 12.5 Å². The molecule has 0 radical (unpaired) electrons. The van der Waals surface area contributed by atoms with Gasteiger partial charge in [-0.05, 0) is 12.1 Å². The average molecular weight is 381 g/mol. The topological polar surface area (TPSA) is 75.7 Å². The van der Waals surface area contributed by atoms with Crippen molar-refractivity contribution < 1.29 is 19.1 Å². The number of thiophene rings is 1. The molecule has 0 saturated heterocycles. The number of amides is 2. The summed E-state index contributed by atoms with van der Waals surface area (Å²) in [5.74, 6) is -1.46. The molecule has 6 nitrogen and oxygen atoms in total. The Morgan fingerprint density at radius 1 is 1.28 bits per heavy atom. The molecule has 0 fully saturated rings. The molecule has 0 aliphatic heterocycles. The zero-order chi connectivity index (χ0) is 18.4. The Hall–Kier alpha value is -2.38. The lowest BCUT2D eigenvalue weighted by Crippen LogP contribution is -2.38. The van der Waals surface area contributed by atoms with Gasteiger partial charge in [0, 0.05) is 35.1 Å². The van der Waals surface area contributed by atoms with Crippen LogP contribution in [0.2, 0.25) is 5.02 Å². The van der Waals surface area contributed by atoms with Gasteiger partial charge < -0.3 is 15.0 Å². The van der Waals surface area contributed by atoms with Gasteiger partial charge >= 0.3 is 5.97 Å². The van der Waals surface area contributed by atoms with Crippen molar-refractivity contribution in [2.75, 3.05) is 27.2 Å². The Balaban J connectivity index is 1.85. The monoisotopic (exact) mass is 380 g/mol. The number of ether oxygens (including phenoxy) is 1. The Morgan fingerprint density at radius 3 is 2.68 bits per heavy atom. The Bertz CT molecular complexity index is 829. The van der Waals surface area contributed by atoms with Gasteiger partial charge in [0.15, 0.2) is 6.61 Å². The van der Waals surface area contributed by atoms with Crippen molar-refractivity contribution >= 4 is 56.9 Å². The number of carbonyl (C=O) groups excluding carboxylic acids is 3. The normalized spacial score (nSPS) is 10.8. The molecule has 8 heteroatoms. The van der Waals surface area contributed by atoms with Crippen LogP contribution in [-0.4, -0.2) is 49.9 Å². The molecule has 2 aromatic rings. The van der Waals surface area contributed by atoms with E-state index in [1.807, 2.05) is 24.3 Å². The maximum Gasteiger partial charge on any atom is 0.331 e. The van der Waals surface area contributed by atoms with Crippen molar-refractivity contribution in [1.29, 1.82) is 0 Å². The maximum atomic E-state index is 11.7. The summed E-state index contributed by atoms with van der Waals surface area (Å²) in [4.78, 5) is 36.6. The van der Waals surface area contributed by atoms with Crippen molar-refractivity contribution in [3.63, 3.8) is 0 Å². The molecule has 1 heterocycles. The van der Waals surface area contributed by atoms with Crippen LogP contribution in [0.1, 0.15) is 4.88 Å². The van der Waals surface area contributed by atoms with E-state index in [1.165, 1.54) is 22.3 Å². The van der Waals surface area contributed by atoms with Gasteiger partial charge in [0.1, 0.15) is 0 Å². The zero-order valence-electron chi connectivity index (χ0n) is 13.7. The fourth-order valence-corrected chi connectivity index (χ4v) is 3.25. The third kappa shape index (κ3) is 5.30. The number of fused-ring (bicyclic) bond motifs is 1. The molecule has 1 N–H and O–H groups in total. The van der Waals surface area contributed by atoms with Crippen LogP contribution < -0.4 is 5.32 Å². The van der Waals surface area contributed by atoms with Crippen LogP contribution in [0, 0.1) is 0 Å². The molecule has 0 spiro atoms. The molecular weight excluding hydrogens is 364 g/mol. The summed E-state index contributed by atoms with van der Waals surface area (Å²) in [6.07, 6.45) is 2.78. The van der Waals surface area contributed by atoms with Crippen molar-refractivity contribution in [3.8, 4) is 0 Å². The van der Waals surface area contributed by atoms with Crippen molar-refractivity contribution in [1.82, 2.24) is 10.2 Å². The van der Waals surface area contributed by atoms with E-state index in [0.29, 0.717) is 5.02 Å². The van der Waals surface area contributed by atoms with Crippen LogP contribution in [0.25, 0.3) is 16.2 Å². The van der Waals surface area contributed by atoms with Crippen LogP contribution in [0.5, 0.6) is 0 Å². The minimum absolute atomic E-state index is 0.142. The van der Waals surface area contributed by atoms with Gasteiger partial charge in [-0.25, -0.2) is 4.79 Å². The lowest BCUT2D eigenvalue weighted by molar-refractivity contribution is -0.144. The number of carbonyl (C=O) groups is 3. The second-order valence-corrected chi connectivity index (χ2v) is 6.74. The molecule has 25 heavy (non-hydrogen) atoms. The van der Waals surface area contributed by atoms with Crippen molar-refractivity contribution in [2.45, 2.75) is 0 Å².